The number of unbranched alkanes of at least 4 members (excludes halogenated alkanes) is 6. The van der Waals surface area contributed by atoms with Gasteiger partial charge in [-0.25, -0.2) is 0 Å². The van der Waals surface area contributed by atoms with Crippen LogP contribution < -0.4 is 4.72 Å². The molecule has 0 atom stereocenters. The average molecular weight is 229 g/mol. The van der Waals surface area contributed by atoms with Crippen molar-refractivity contribution in [1.29, 1.82) is 0 Å². The number of hydrogen-bond acceptors (Lipinski definition) is 2. The first-order valence-corrected chi connectivity index (χ1v) is 7.40. The molecule has 0 bridgehead atoms. The molecular weight excluding hydrogens is 202 g/mol. The highest BCUT2D eigenvalue weighted by Crippen LogP contribution is 2.07. The third-order valence-corrected chi connectivity index (χ3v) is 3.17. The molecule has 90 valence electrons. The summed E-state index contributed by atoms with van der Waals surface area (Å²) in [4.78, 5) is 0. The third-order valence-electron chi connectivity index (χ3n) is 2.32. The molecule has 1 N–H and O–H groups in total. The van der Waals surface area contributed by atoms with Crippen molar-refractivity contribution in [2.75, 3.05) is 12.3 Å². The molecule has 0 unspecified atom stereocenters. The molecular formula is C13H27NS. The van der Waals surface area contributed by atoms with Gasteiger partial charge in [0, 0.05) is 12.3 Å². The molecule has 0 aromatic rings. The molecule has 0 amide bonds. The Morgan fingerprint density at radius 3 is 2.40 bits per heavy atom. The van der Waals surface area contributed by atoms with E-state index in [4.69, 9.17) is 0 Å². The average Bonchev–Trinajstić information content (AvgIpc) is 2.26. The van der Waals surface area contributed by atoms with Gasteiger partial charge >= 0.3 is 0 Å². The molecule has 0 aromatic carbocycles. The molecule has 0 heterocycles. The second kappa shape index (κ2) is 14.1. The highest BCUT2D eigenvalue weighted by Gasteiger charge is 1.87. The van der Waals surface area contributed by atoms with Crippen molar-refractivity contribution < 1.29 is 0 Å². The van der Waals surface area contributed by atoms with Crippen LogP contribution in [0.3, 0.4) is 0 Å². The molecule has 0 aliphatic heterocycles. The predicted octanol–water partition coefficient (Wildman–Crippen LogP) is 4.55. The summed E-state index contributed by atoms with van der Waals surface area (Å²) < 4.78 is 3.24. The summed E-state index contributed by atoms with van der Waals surface area (Å²) >= 11 is 1.79. The van der Waals surface area contributed by atoms with Gasteiger partial charge in [-0.05, 0) is 12.8 Å². The zero-order valence-electron chi connectivity index (χ0n) is 10.4. The van der Waals surface area contributed by atoms with Gasteiger partial charge in [0.2, 0.25) is 0 Å². The van der Waals surface area contributed by atoms with Crippen LogP contribution in [0.15, 0.2) is 12.2 Å². The van der Waals surface area contributed by atoms with E-state index in [2.05, 4.69) is 30.7 Å². The first-order valence-electron chi connectivity index (χ1n) is 6.41. The molecule has 1 nitrogen and oxygen atoms in total. The maximum absolute atomic E-state index is 3.24. The Morgan fingerprint density at radius 1 is 0.933 bits per heavy atom. The fraction of sp³-hybridized carbons (Fsp3) is 0.846. The van der Waals surface area contributed by atoms with E-state index in [0.29, 0.717) is 0 Å². The summed E-state index contributed by atoms with van der Waals surface area (Å²) in [6.07, 6.45) is 14.3. The van der Waals surface area contributed by atoms with Crippen LogP contribution in [0.2, 0.25) is 0 Å². The standard InChI is InChI=1S/C13H27NS/c1-3-5-6-7-8-9-10-11-12-13-15-14-4-2/h11-12,14H,3-10,13H2,1-2H3. The Morgan fingerprint density at radius 2 is 1.67 bits per heavy atom. The van der Waals surface area contributed by atoms with E-state index in [1.165, 1.54) is 44.9 Å². The molecule has 0 spiro atoms. The molecule has 0 radical (unpaired) electrons. The van der Waals surface area contributed by atoms with Crippen molar-refractivity contribution in [2.24, 2.45) is 0 Å². The number of rotatable bonds is 11. The fourth-order valence-corrected chi connectivity index (χ4v) is 1.99. The Balaban J connectivity index is 2.96. The molecule has 15 heavy (non-hydrogen) atoms. The SMILES string of the molecule is CCCCCCCCC=CCSNCC. The Bertz CT molecular complexity index is 134. The predicted molar refractivity (Wildman–Crippen MR) is 73.3 cm³/mol. The zero-order chi connectivity index (χ0) is 11.2. The lowest BCUT2D eigenvalue weighted by Gasteiger charge is -1.98. The topological polar surface area (TPSA) is 12.0 Å². The maximum atomic E-state index is 3.24. The van der Waals surface area contributed by atoms with Crippen molar-refractivity contribution in [3.63, 3.8) is 0 Å². The van der Waals surface area contributed by atoms with Gasteiger partial charge in [0.15, 0.2) is 0 Å². The van der Waals surface area contributed by atoms with E-state index in [1.807, 2.05) is 0 Å². The molecule has 0 saturated carbocycles. The summed E-state index contributed by atoms with van der Waals surface area (Å²) in [6.45, 7) is 5.45. The van der Waals surface area contributed by atoms with Crippen molar-refractivity contribution in [3.8, 4) is 0 Å². The third kappa shape index (κ3) is 14.1. The molecule has 0 aliphatic rings. The van der Waals surface area contributed by atoms with Crippen molar-refractivity contribution in [1.82, 2.24) is 4.72 Å². The summed E-state index contributed by atoms with van der Waals surface area (Å²) in [5.74, 6) is 1.10. The highest BCUT2D eigenvalue weighted by molar-refractivity contribution is 7.97. The van der Waals surface area contributed by atoms with Gasteiger partial charge in [0.25, 0.3) is 0 Å². The first kappa shape index (κ1) is 15.0. The Labute approximate surface area is 100 Å². The van der Waals surface area contributed by atoms with Gasteiger partial charge in [-0.15, -0.1) is 0 Å². The highest BCUT2D eigenvalue weighted by atomic mass is 32.2. The van der Waals surface area contributed by atoms with Crippen LogP contribution in [0.1, 0.15) is 58.8 Å². The van der Waals surface area contributed by atoms with Gasteiger partial charge in [-0.3, -0.25) is 4.72 Å². The van der Waals surface area contributed by atoms with Gasteiger partial charge in [0.1, 0.15) is 0 Å². The minimum Gasteiger partial charge on any atom is -0.264 e. The molecule has 0 aliphatic carbocycles. The molecule has 0 fully saturated rings. The smallest absolute Gasteiger partial charge is 0.0259 e. The molecule has 0 saturated heterocycles. The van der Waals surface area contributed by atoms with Crippen LogP contribution in [0.4, 0.5) is 0 Å². The van der Waals surface area contributed by atoms with Gasteiger partial charge in [0.05, 0.1) is 0 Å². The van der Waals surface area contributed by atoms with E-state index in [0.717, 1.165) is 12.3 Å². The lowest BCUT2D eigenvalue weighted by Crippen LogP contribution is -2.00. The van der Waals surface area contributed by atoms with Crippen LogP contribution in [-0.4, -0.2) is 12.3 Å². The monoisotopic (exact) mass is 229 g/mol. The summed E-state index contributed by atoms with van der Waals surface area (Å²) in [5, 5.41) is 0. The fourth-order valence-electron chi connectivity index (χ4n) is 1.44. The maximum Gasteiger partial charge on any atom is 0.0259 e. The minimum atomic E-state index is 1.05. The second-order valence-corrected chi connectivity index (χ2v) is 4.75. The first-order chi connectivity index (χ1) is 7.41. The molecule has 0 aromatic heterocycles. The van der Waals surface area contributed by atoms with Crippen molar-refractivity contribution >= 4 is 11.9 Å². The number of nitrogens with one attached hydrogen (secondary N) is 1. The lowest BCUT2D eigenvalue weighted by molar-refractivity contribution is 0.611. The van der Waals surface area contributed by atoms with E-state index in [9.17, 15) is 0 Å². The van der Waals surface area contributed by atoms with Crippen LogP contribution in [0.5, 0.6) is 0 Å². The molecule has 0 rings (SSSR count). The minimum absolute atomic E-state index is 1.05. The summed E-state index contributed by atoms with van der Waals surface area (Å²) in [7, 11) is 0. The largest absolute Gasteiger partial charge is 0.264 e. The van der Waals surface area contributed by atoms with E-state index in [-0.39, 0.29) is 0 Å². The lowest BCUT2D eigenvalue weighted by atomic mass is 10.1. The van der Waals surface area contributed by atoms with Gasteiger partial charge in [-0.2, -0.15) is 0 Å². The van der Waals surface area contributed by atoms with E-state index >= 15 is 0 Å². The van der Waals surface area contributed by atoms with Gasteiger partial charge < -0.3 is 0 Å². The van der Waals surface area contributed by atoms with Crippen LogP contribution in [0.25, 0.3) is 0 Å². The summed E-state index contributed by atoms with van der Waals surface area (Å²) in [5.41, 5.74) is 0. The van der Waals surface area contributed by atoms with Crippen molar-refractivity contribution in [2.45, 2.75) is 58.8 Å². The normalized spacial score (nSPS) is 11.3. The molecule has 2 heteroatoms. The zero-order valence-corrected chi connectivity index (χ0v) is 11.2. The summed E-state index contributed by atoms with van der Waals surface area (Å²) in [6, 6.07) is 0. The van der Waals surface area contributed by atoms with Gasteiger partial charge in [-0.1, -0.05) is 70.1 Å². The van der Waals surface area contributed by atoms with Crippen LogP contribution >= 0.6 is 11.9 Å². The quantitative estimate of drug-likeness (QED) is 0.317. The van der Waals surface area contributed by atoms with Crippen LogP contribution in [-0.2, 0) is 0 Å². The number of hydrogen-bond donors (Lipinski definition) is 1. The Kier molecular flexibility index (Phi) is 14.1. The van der Waals surface area contributed by atoms with Crippen LogP contribution in [0, 0.1) is 0 Å². The van der Waals surface area contributed by atoms with Crippen molar-refractivity contribution in [3.05, 3.63) is 12.2 Å². The van der Waals surface area contributed by atoms with E-state index < -0.39 is 0 Å². The second-order valence-electron chi connectivity index (χ2n) is 3.84. The van der Waals surface area contributed by atoms with E-state index in [1.54, 1.807) is 11.9 Å². The Hall–Kier alpha value is 0.0500. The number of allylic oxidation sites excluding steroid dienone is 1.